The molecule has 0 radical (unpaired) electrons. The summed E-state index contributed by atoms with van der Waals surface area (Å²) in [5.41, 5.74) is 0.295. The van der Waals surface area contributed by atoms with Crippen LogP contribution in [0.3, 0.4) is 0 Å². The third kappa shape index (κ3) is 2.09. The van der Waals surface area contributed by atoms with Crippen LogP contribution in [0.5, 0.6) is 0 Å². The Bertz CT molecular complexity index is 575. The quantitative estimate of drug-likeness (QED) is 0.925. The predicted molar refractivity (Wildman–Crippen MR) is 67.4 cm³/mol. The molecule has 0 aliphatic rings. The molecule has 0 amide bonds. The Hall–Kier alpha value is -1.88. The van der Waals surface area contributed by atoms with Crippen LogP contribution in [0.25, 0.3) is 11.3 Å². The summed E-state index contributed by atoms with van der Waals surface area (Å²) in [7, 11) is 0. The van der Waals surface area contributed by atoms with Crippen LogP contribution in [-0.4, -0.2) is 26.1 Å². The fraction of sp³-hybridized carbons (Fsp3) is 0.250. The van der Waals surface area contributed by atoms with Gasteiger partial charge in [0.25, 0.3) is 0 Å². The van der Waals surface area contributed by atoms with Crippen molar-refractivity contribution in [3.8, 4) is 11.3 Å². The van der Waals surface area contributed by atoms with E-state index in [9.17, 15) is 9.90 Å². The molecule has 1 aromatic carbocycles. The molecule has 1 heterocycles. The second-order valence-corrected chi connectivity index (χ2v) is 4.84. The van der Waals surface area contributed by atoms with Gasteiger partial charge in [0, 0.05) is 10.6 Å². The first-order valence-electron chi connectivity index (χ1n) is 5.33. The largest absolute Gasteiger partial charge is 0.479 e. The molecule has 1 aromatic heterocycles. The van der Waals surface area contributed by atoms with E-state index in [0.717, 1.165) is 5.56 Å². The van der Waals surface area contributed by atoms with Crippen molar-refractivity contribution < 1.29 is 9.90 Å². The summed E-state index contributed by atoms with van der Waals surface area (Å²) in [6.45, 7) is 3.15. The van der Waals surface area contributed by atoms with E-state index in [-0.39, 0.29) is 0 Å². The molecule has 5 nitrogen and oxygen atoms in total. The summed E-state index contributed by atoms with van der Waals surface area (Å²) < 4.78 is 1.39. The summed E-state index contributed by atoms with van der Waals surface area (Å²) in [6.07, 6.45) is 1.54. The van der Waals surface area contributed by atoms with Gasteiger partial charge in [-0.1, -0.05) is 28.9 Å². The maximum Gasteiger partial charge on any atom is 0.331 e. The molecule has 0 saturated heterocycles. The molecular weight excluding hydrogens is 254 g/mol. The van der Waals surface area contributed by atoms with Crippen molar-refractivity contribution in [1.82, 2.24) is 15.0 Å². The molecule has 94 valence electrons. The van der Waals surface area contributed by atoms with Crippen molar-refractivity contribution in [1.29, 1.82) is 0 Å². The second kappa shape index (κ2) is 4.42. The molecule has 1 N–H and O–H groups in total. The molecule has 0 bridgehead atoms. The molecule has 0 aliphatic heterocycles. The minimum Gasteiger partial charge on any atom is -0.479 e. The summed E-state index contributed by atoms with van der Waals surface area (Å²) in [6, 6.07) is 7.08. The summed E-state index contributed by atoms with van der Waals surface area (Å²) in [5, 5.41) is 17.5. The Morgan fingerprint density at radius 3 is 2.50 bits per heavy atom. The van der Waals surface area contributed by atoms with Crippen LogP contribution in [0.4, 0.5) is 0 Å². The average Bonchev–Trinajstić information content (AvgIpc) is 2.79. The van der Waals surface area contributed by atoms with Gasteiger partial charge in [0.1, 0.15) is 0 Å². The SMILES string of the molecule is CC(C)(C(=O)O)n1nncc1-c1ccc(Cl)cc1. The molecule has 0 spiro atoms. The molecule has 0 saturated carbocycles. The zero-order chi connectivity index (χ0) is 13.3. The zero-order valence-corrected chi connectivity index (χ0v) is 10.7. The first-order chi connectivity index (χ1) is 8.43. The number of aromatic nitrogens is 3. The maximum absolute atomic E-state index is 11.2. The number of nitrogens with zero attached hydrogens (tertiary/aromatic N) is 3. The molecule has 6 heteroatoms. The van der Waals surface area contributed by atoms with Crippen LogP contribution in [0.2, 0.25) is 5.02 Å². The minimum atomic E-state index is -1.16. The van der Waals surface area contributed by atoms with Gasteiger partial charge in [-0.15, -0.1) is 5.10 Å². The molecule has 2 aromatic rings. The van der Waals surface area contributed by atoms with Crippen LogP contribution in [0, 0.1) is 0 Å². The van der Waals surface area contributed by atoms with Crippen molar-refractivity contribution in [2.75, 3.05) is 0 Å². The van der Waals surface area contributed by atoms with Crippen molar-refractivity contribution in [3.63, 3.8) is 0 Å². The smallest absolute Gasteiger partial charge is 0.331 e. The highest BCUT2D eigenvalue weighted by molar-refractivity contribution is 6.30. The molecule has 0 atom stereocenters. The highest BCUT2D eigenvalue weighted by Crippen LogP contribution is 2.25. The Labute approximate surface area is 109 Å². The number of hydrogen-bond acceptors (Lipinski definition) is 3. The van der Waals surface area contributed by atoms with Gasteiger partial charge in [-0.25, -0.2) is 9.48 Å². The lowest BCUT2D eigenvalue weighted by Crippen LogP contribution is -2.37. The van der Waals surface area contributed by atoms with Gasteiger partial charge in [0.2, 0.25) is 0 Å². The van der Waals surface area contributed by atoms with E-state index in [4.69, 9.17) is 11.6 Å². The molecule has 0 aliphatic carbocycles. The van der Waals surface area contributed by atoms with Crippen LogP contribution >= 0.6 is 11.6 Å². The maximum atomic E-state index is 11.2. The van der Waals surface area contributed by atoms with Crippen molar-refractivity contribution in [3.05, 3.63) is 35.5 Å². The Balaban J connectivity index is 2.52. The third-order valence-electron chi connectivity index (χ3n) is 2.74. The fourth-order valence-electron chi connectivity index (χ4n) is 1.56. The number of carboxylic acids is 1. The normalized spacial score (nSPS) is 11.5. The number of hydrogen-bond donors (Lipinski definition) is 1. The van der Waals surface area contributed by atoms with E-state index in [0.29, 0.717) is 10.7 Å². The Kier molecular flexibility index (Phi) is 3.09. The molecule has 2 rings (SSSR count). The van der Waals surface area contributed by atoms with Gasteiger partial charge in [-0.2, -0.15) is 0 Å². The monoisotopic (exact) mass is 265 g/mol. The Morgan fingerprint density at radius 1 is 1.33 bits per heavy atom. The summed E-state index contributed by atoms with van der Waals surface area (Å²) in [5.74, 6) is -0.969. The molecule has 18 heavy (non-hydrogen) atoms. The molecule has 0 unspecified atom stereocenters. The highest BCUT2D eigenvalue weighted by atomic mass is 35.5. The van der Waals surface area contributed by atoms with Crippen molar-refractivity contribution in [2.24, 2.45) is 0 Å². The lowest BCUT2D eigenvalue weighted by Gasteiger charge is -2.21. The number of carbonyl (C=O) groups is 1. The number of carboxylic acid groups (broad SMARTS) is 1. The average molecular weight is 266 g/mol. The van der Waals surface area contributed by atoms with Gasteiger partial charge in [-0.05, 0) is 26.0 Å². The van der Waals surface area contributed by atoms with Crippen molar-refractivity contribution in [2.45, 2.75) is 19.4 Å². The second-order valence-electron chi connectivity index (χ2n) is 4.40. The van der Waals surface area contributed by atoms with Gasteiger partial charge in [0.05, 0.1) is 11.9 Å². The number of benzene rings is 1. The van der Waals surface area contributed by atoms with Crippen LogP contribution in [-0.2, 0) is 10.3 Å². The Morgan fingerprint density at radius 2 is 1.94 bits per heavy atom. The first-order valence-corrected chi connectivity index (χ1v) is 5.71. The van der Waals surface area contributed by atoms with E-state index < -0.39 is 11.5 Å². The van der Waals surface area contributed by atoms with Crippen LogP contribution < -0.4 is 0 Å². The van der Waals surface area contributed by atoms with E-state index in [1.807, 2.05) is 0 Å². The molecule has 0 fully saturated rings. The third-order valence-corrected chi connectivity index (χ3v) is 2.99. The lowest BCUT2D eigenvalue weighted by molar-refractivity contribution is -0.146. The van der Waals surface area contributed by atoms with Crippen molar-refractivity contribution >= 4 is 17.6 Å². The number of aliphatic carboxylic acids is 1. The van der Waals surface area contributed by atoms with Gasteiger partial charge >= 0.3 is 5.97 Å². The van der Waals surface area contributed by atoms with E-state index in [1.54, 1.807) is 38.1 Å². The summed E-state index contributed by atoms with van der Waals surface area (Å²) in [4.78, 5) is 11.2. The van der Waals surface area contributed by atoms with Crippen LogP contribution in [0.1, 0.15) is 13.8 Å². The van der Waals surface area contributed by atoms with Gasteiger partial charge in [-0.3, -0.25) is 0 Å². The van der Waals surface area contributed by atoms with Gasteiger partial charge < -0.3 is 5.11 Å². The lowest BCUT2D eigenvalue weighted by atomic mass is 10.0. The summed E-state index contributed by atoms with van der Waals surface area (Å²) >= 11 is 5.82. The highest BCUT2D eigenvalue weighted by Gasteiger charge is 2.32. The number of halogens is 1. The van der Waals surface area contributed by atoms with Gasteiger partial charge in [0.15, 0.2) is 5.54 Å². The topological polar surface area (TPSA) is 68.0 Å². The fourth-order valence-corrected chi connectivity index (χ4v) is 1.68. The van der Waals surface area contributed by atoms with E-state index in [1.165, 1.54) is 10.9 Å². The van der Waals surface area contributed by atoms with Crippen LogP contribution in [0.15, 0.2) is 30.5 Å². The number of rotatable bonds is 3. The molecular formula is C12H12ClN3O2. The van der Waals surface area contributed by atoms with E-state index >= 15 is 0 Å². The first kappa shape index (κ1) is 12.6. The predicted octanol–water partition coefficient (Wildman–Crippen LogP) is 2.42. The van der Waals surface area contributed by atoms with E-state index in [2.05, 4.69) is 10.3 Å². The standard InChI is InChI=1S/C12H12ClN3O2/c1-12(2,11(17)18)16-10(7-14-15-16)8-3-5-9(13)6-4-8/h3-7H,1-2H3,(H,17,18). The minimum absolute atomic E-state index is 0.621. The zero-order valence-electron chi connectivity index (χ0n) is 9.96.